The highest BCUT2D eigenvalue weighted by Gasteiger charge is 2.08. The third-order valence-electron chi connectivity index (χ3n) is 1.24. The predicted molar refractivity (Wildman–Crippen MR) is 37.5 cm³/mol. The second-order valence-corrected chi connectivity index (χ2v) is 2.27. The van der Waals surface area contributed by atoms with Gasteiger partial charge in [0.25, 0.3) is 0 Å². The first-order chi connectivity index (χ1) is 4.63. The number of carbonyl (C=O) groups excluding carboxylic acids is 1. The van der Waals surface area contributed by atoms with Gasteiger partial charge >= 0.3 is 0 Å². The Morgan fingerprint density at radius 1 is 1.60 bits per heavy atom. The minimum atomic E-state index is -1.03. The van der Waals surface area contributed by atoms with Crippen LogP contribution in [0.3, 0.4) is 0 Å². The van der Waals surface area contributed by atoms with E-state index >= 15 is 0 Å². The van der Waals surface area contributed by atoms with Gasteiger partial charge in [0.2, 0.25) is 0 Å². The van der Waals surface area contributed by atoms with Crippen molar-refractivity contribution in [3.63, 3.8) is 0 Å². The van der Waals surface area contributed by atoms with Crippen LogP contribution >= 0.6 is 0 Å². The van der Waals surface area contributed by atoms with Crippen molar-refractivity contribution in [2.24, 2.45) is 0 Å². The van der Waals surface area contributed by atoms with Crippen molar-refractivity contribution in [1.29, 1.82) is 0 Å². The Kier molecular flexibility index (Phi) is 3.91. The number of aliphatic hydroxyl groups is 2. The summed E-state index contributed by atoms with van der Waals surface area (Å²) in [5.41, 5.74) is 0.999. The normalized spacial score (nSPS) is 12.4. The predicted octanol–water partition coefficient (Wildman–Crippen LogP) is -0.125. The number of allylic oxidation sites excluding steroid dienone is 1. The molecule has 1 unspecified atom stereocenters. The fourth-order valence-corrected chi connectivity index (χ4v) is 0.628. The molecule has 0 bridgehead atoms. The first kappa shape index (κ1) is 9.33. The lowest BCUT2D eigenvalue weighted by molar-refractivity contribution is -0.106. The summed E-state index contributed by atoms with van der Waals surface area (Å²) >= 11 is 0. The van der Waals surface area contributed by atoms with Gasteiger partial charge in [0.15, 0.2) is 0 Å². The van der Waals surface area contributed by atoms with Gasteiger partial charge in [0.05, 0.1) is 6.61 Å². The topological polar surface area (TPSA) is 57.5 Å². The zero-order valence-electron chi connectivity index (χ0n) is 6.16. The van der Waals surface area contributed by atoms with Crippen molar-refractivity contribution in [3.8, 4) is 0 Å². The third-order valence-corrected chi connectivity index (χ3v) is 1.24. The molecule has 0 aliphatic rings. The van der Waals surface area contributed by atoms with Gasteiger partial charge in [0.1, 0.15) is 12.4 Å². The molecule has 0 spiro atoms. The quantitative estimate of drug-likeness (QED) is 0.428. The summed E-state index contributed by atoms with van der Waals surface area (Å²) in [7, 11) is 0. The summed E-state index contributed by atoms with van der Waals surface area (Å²) in [5.74, 6) is 0. The monoisotopic (exact) mass is 144 g/mol. The van der Waals surface area contributed by atoms with E-state index in [0.717, 1.165) is 5.57 Å². The Balaban J connectivity index is 4.36. The van der Waals surface area contributed by atoms with Crippen LogP contribution in [0.1, 0.15) is 13.8 Å². The van der Waals surface area contributed by atoms with Crippen molar-refractivity contribution in [2.45, 2.75) is 20.0 Å². The van der Waals surface area contributed by atoms with Gasteiger partial charge in [0, 0.05) is 5.57 Å². The molecule has 0 heterocycles. The fourth-order valence-electron chi connectivity index (χ4n) is 0.628. The highest BCUT2D eigenvalue weighted by atomic mass is 16.3. The molecule has 2 N–H and O–H groups in total. The maximum absolute atomic E-state index is 10.2. The molecule has 0 saturated heterocycles. The van der Waals surface area contributed by atoms with Crippen molar-refractivity contribution in [3.05, 3.63) is 11.1 Å². The van der Waals surface area contributed by atoms with E-state index in [-0.39, 0.29) is 5.57 Å². The molecule has 0 fully saturated rings. The van der Waals surface area contributed by atoms with Crippen LogP contribution in [0.4, 0.5) is 0 Å². The highest BCUT2D eigenvalue weighted by molar-refractivity contribution is 5.75. The molecule has 0 amide bonds. The van der Waals surface area contributed by atoms with E-state index in [1.54, 1.807) is 13.8 Å². The zero-order chi connectivity index (χ0) is 8.15. The second-order valence-electron chi connectivity index (χ2n) is 2.27. The van der Waals surface area contributed by atoms with Crippen molar-refractivity contribution < 1.29 is 15.0 Å². The SMILES string of the molecule is CC(C)=C(C=O)C(O)CO. The van der Waals surface area contributed by atoms with Crippen molar-refractivity contribution in [1.82, 2.24) is 0 Å². The standard InChI is InChI=1S/C7H12O3/c1-5(2)6(3-8)7(10)4-9/h3,7,9-10H,4H2,1-2H3. The van der Waals surface area contributed by atoms with Crippen LogP contribution in [0.5, 0.6) is 0 Å². The summed E-state index contributed by atoms with van der Waals surface area (Å²) < 4.78 is 0. The first-order valence-corrected chi connectivity index (χ1v) is 3.05. The maximum atomic E-state index is 10.2. The van der Waals surface area contributed by atoms with E-state index in [9.17, 15) is 4.79 Å². The zero-order valence-corrected chi connectivity index (χ0v) is 6.16. The van der Waals surface area contributed by atoms with E-state index in [0.29, 0.717) is 6.29 Å². The van der Waals surface area contributed by atoms with E-state index in [2.05, 4.69) is 0 Å². The van der Waals surface area contributed by atoms with E-state index < -0.39 is 12.7 Å². The van der Waals surface area contributed by atoms with E-state index in [1.165, 1.54) is 0 Å². The summed E-state index contributed by atoms with van der Waals surface area (Å²) in [6, 6.07) is 0. The lowest BCUT2D eigenvalue weighted by atomic mass is 10.1. The van der Waals surface area contributed by atoms with Crippen LogP contribution < -0.4 is 0 Å². The molecule has 0 aromatic carbocycles. The van der Waals surface area contributed by atoms with Crippen molar-refractivity contribution >= 4 is 6.29 Å². The Labute approximate surface area is 60.0 Å². The summed E-state index contributed by atoms with van der Waals surface area (Å²) in [6.07, 6.45) is -0.460. The van der Waals surface area contributed by atoms with E-state index in [4.69, 9.17) is 10.2 Å². The Morgan fingerprint density at radius 2 is 2.10 bits per heavy atom. The third kappa shape index (κ3) is 2.29. The van der Waals surface area contributed by atoms with Gasteiger partial charge in [-0.15, -0.1) is 0 Å². The molecular weight excluding hydrogens is 132 g/mol. The van der Waals surface area contributed by atoms with Crippen LogP contribution in [-0.2, 0) is 4.79 Å². The minimum absolute atomic E-state index is 0.266. The van der Waals surface area contributed by atoms with Crippen molar-refractivity contribution in [2.75, 3.05) is 6.61 Å². The van der Waals surface area contributed by atoms with Crippen LogP contribution in [0.25, 0.3) is 0 Å². The highest BCUT2D eigenvalue weighted by Crippen LogP contribution is 2.04. The first-order valence-electron chi connectivity index (χ1n) is 3.05. The average molecular weight is 144 g/mol. The van der Waals surface area contributed by atoms with Gasteiger partial charge in [-0.05, 0) is 13.8 Å². The molecule has 3 heteroatoms. The molecular formula is C7H12O3. The van der Waals surface area contributed by atoms with Crippen LogP contribution in [0.15, 0.2) is 11.1 Å². The Morgan fingerprint density at radius 3 is 2.20 bits per heavy atom. The molecule has 1 atom stereocenters. The largest absolute Gasteiger partial charge is 0.393 e. The smallest absolute Gasteiger partial charge is 0.148 e. The number of aliphatic hydroxyl groups excluding tert-OH is 2. The lowest BCUT2D eigenvalue weighted by Crippen LogP contribution is -2.17. The lowest BCUT2D eigenvalue weighted by Gasteiger charge is -2.07. The number of hydrogen-bond acceptors (Lipinski definition) is 3. The summed E-state index contributed by atoms with van der Waals surface area (Å²) in [4.78, 5) is 10.2. The Bertz CT molecular complexity index is 145. The van der Waals surface area contributed by atoms with Gasteiger partial charge in [-0.3, -0.25) is 4.79 Å². The minimum Gasteiger partial charge on any atom is -0.393 e. The Hall–Kier alpha value is -0.670. The maximum Gasteiger partial charge on any atom is 0.148 e. The van der Waals surface area contributed by atoms with Crippen LogP contribution in [0, 0.1) is 0 Å². The molecule has 0 aromatic heterocycles. The van der Waals surface area contributed by atoms with Crippen LogP contribution in [-0.4, -0.2) is 29.2 Å². The molecule has 0 radical (unpaired) electrons. The molecule has 10 heavy (non-hydrogen) atoms. The summed E-state index contributed by atoms with van der Waals surface area (Å²) in [5, 5.41) is 17.4. The molecule has 0 aliphatic heterocycles. The van der Waals surface area contributed by atoms with Gasteiger partial charge in [-0.1, -0.05) is 5.57 Å². The van der Waals surface area contributed by atoms with Gasteiger partial charge in [-0.25, -0.2) is 0 Å². The number of hydrogen-bond donors (Lipinski definition) is 2. The molecule has 3 nitrogen and oxygen atoms in total. The molecule has 0 saturated carbocycles. The number of rotatable bonds is 3. The molecule has 0 aliphatic carbocycles. The van der Waals surface area contributed by atoms with Gasteiger partial charge in [-0.2, -0.15) is 0 Å². The second kappa shape index (κ2) is 4.19. The fraction of sp³-hybridized carbons (Fsp3) is 0.571. The van der Waals surface area contributed by atoms with Gasteiger partial charge < -0.3 is 10.2 Å². The number of carbonyl (C=O) groups is 1. The average Bonchev–Trinajstić information content (AvgIpc) is 1.88. The molecule has 0 aromatic rings. The molecule has 58 valence electrons. The number of aldehydes is 1. The summed E-state index contributed by atoms with van der Waals surface area (Å²) in [6.45, 7) is 3.02. The van der Waals surface area contributed by atoms with E-state index in [1.807, 2.05) is 0 Å². The van der Waals surface area contributed by atoms with Crippen LogP contribution in [0.2, 0.25) is 0 Å². The molecule has 0 rings (SSSR count).